The van der Waals surface area contributed by atoms with Crippen LogP contribution in [0.5, 0.6) is 0 Å². The first-order valence-electron chi connectivity index (χ1n) is 8.18. The molecule has 1 aliphatic carbocycles. The van der Waals surface area contributed by atoms with Gasteiger partial charge in [0.2, 0.25) is 0 Å². The Morgan fingerprint density at radius 3 is 2.63 bits per heavy atom. The van der Waals surface area contributed by atoms with Crippen molar-refractivity contribution in [1.82, 2.24) is 4.90 Å². The fourth-order valence-electron chi connectivity index (χ4n) is 3.40. The monoisotopic (exact) mass is 270 g/mol. The van der Waals surface area contributed by atoms with Crippen LogP contribution in [0.2, 0.25) is 0 Å². The molecule has 0 heterocycles. The van der Waals surface area contributed by atoms with Crippen LogP contribution in [0, 0.1) is 11.8 Å². The maximum atomic E-state index is 9.02. The summed E-state index contributed by atoms with van der Waals surface area (Å²) >= 11 is 0. The van der Waals surface area contributed by atoms with Crippen molar-refractivity contribution in [3.05, 3.63) is 0 Å². The Morgan fingerprint density at radius 1 is 1.32 bits per heavy atom. The summed E-state index contributed by atoms with van der Waals surface area (Å²) in [7, 11) is 0. The second-order valence-electron chi connectivity index (χ2n) is 6.56. The van der Waals surface area contributed by atoms with Crippen LogP contribution in [-0.4, -0.2) is 41.8 Å². The molecule has 114 valence electrons. The van der Waals surface area contributed by atoms with Gasteiger partial charge in [-0.05, 0) is 51.4 Å². The summed E-state index contributed by atoms with van der Waals surface area (Å²) in [6.45, 7) is 9.17. The van der Waals surface area contributed by atoms with Gasteiger partial charge in [0.25, 0.3) is 0 Å². The van der Waals surface area contributed by atoms with Gasteiger partial charge in [0.05, 0.1) is 0 Å². The highest BCUT2D eigenvalue weighted by molar-refractivity contribution is 4.85. The van der Waals surface area contributed by atoms with Gasteiger partial charge in [-0.25, -0.2) is 0 Å². The molecule has 3 N–H and O–H groups in total. The second-order valence-corrected chi connectivity index (χ2v) is 6.56. The van der Waals surface area contributed by atoms with E-state index in [1.165, 1.54) is 32.1 Å². The van der Waals surface area contributed by atoms with Crippen LogP contribution in [0.15, 0.2) is 0 Å². The van der Waals surface area contributed by atoms with Crippen LogP contribution in [-0.2, 0) is 0 Å². The average Bonchev–Trinajstić information content (AvgIpc) is 2.38. The summed E-state index contributed by atoms with van der Waals surface area (Å²) in [6, 6.07) is 0.925. The molecular weight excluding hydrogens is 236 g/mol. The molecule has 19 heavy (non-hydrogen) atoms. The average molecular weight is 270 g/mol. The molecule has 1 fully saturated rings. The van der Waals surface area contributed by atoms with Gasteiger partial charge in [0.1, 0.15) is 0 Å². The van der Waals surface area contributed by atoms with E-state index in [1.807, 2.05) is 0 Å². The molecule has 3 atom stereocenters. The summed E-state index contributed by atoms with van der Waals surface area (Å²) in [5.41, 5.74) is 6.34. The summed E-state index contributed by atoms with van der Waals surface area (Å²) < 4.78 is 0. The fourth-order valence-corrected chi connectivity index (χ4v) is 3.40. The van der Waals surface area contributed by atoms with Crippen molar-refractivity contribution >= 4 is 0 Å². The summed E-state index contributed by atoms with van der Waals surface area (Å²) in [5, 5.41) is 9.02. The first-order chi connectivity index (χ1) is 9.08. The molecule has 1 rings (SSSR count). The van der Waals surface area contributed by atoms with Crippen molar-refractivity contribution in [2.45, 2.75) is 71.4 Å². The quantitative estimate of drug-likeness (QED) is 0.713. The minimum Gasteiger partial charge on any atom is -0.396 e. The van der Waals surface area contributed by atoms with Gasteiger partial charge in [-0.1, -0.05) is 19.8 Å². The molecule has 3 unspecified atom stereocenters. The summed E-state index contributed by atoms with van der Waals surface area (Å²) in [4.78, 5) is 2.50. The molecule has 0 aromatic heterocycles. The Balaban J connectivity index is 2.49. The van der Waals surface area contributed by atoms with E-state index in [9.17, 15) is 0 Å². The van der Waals surface area contributed by atoms with Crippen LogP contribution in [0.1, 0.15) is 59.3 Å². The lowest BCUT2D eigenvalue weighted by Crippen LogP contribution is -2.45. The van der Waals surface area contributed by atoms with Crippen molar-refractivity contribution in [2.24, 2.45) is 17.6 Å². The normalized spacial score (nSPS) is 28.3. The number of nitrogens with zero attached hydrogens (tertiary/aromatic N) is 1. The minimum absolute atomic E-state index is 0.290. The smallest absolute Gasteiger partial charge is 0.0443 e. The Bertz CT molecular complexity index is 233. The van der Waals surface area contributed by atoms with Gasteiger partial charge >= 0.3 is 0 Å². The predicted octanol–water partition coefficient (Wildman–Crippen LogP) is 2.62. The van der Waals surface area contributed by atoms with E-state index in [-0.39, 0.29) is 0 Å². The topological polar surface area (TPSA) is 49.5 Å². The highest BCUT2D eigenvalue weighted by Gasteiger charge is 2.29. The van der Waals surface area contributed by atoms with Crippen LogP contribution in [0.3, 0.4) is 0 Å². The van der Waals surface area contributed by atoms with Gasteiger partial charge in [-0.15, -0.1) is 0 Å². The van der Waals surface area contributed by atoms with Crippen molar-refractivity contribution in [1.29, 1.82) is 0 Å². The third-order valence-corrected chi connectivity index (χ3v) is 4.65. The zero-order valence-electron chi connectivity index (χ0n) is 13.1. The Labute approximate surface area is 119 Å². The van der Waals surface area contributed by atoms with E-state index in [0.29, 0.717) is 24.6 Å². The summed E-state index contributed by atoms with van der Waals surface area (Å²) in [6.07, 6.45) is 7.35. The van der Waals surface area contributed by atoms with Crippen LogP contribution in [0.25, 0.3) is 0 Å². The minimum atomic E-state index is 0.290. The van der Waals surface area contributed by atoms with E-state index in [0.717, 1.165) is 25.4 Å². The number of aliphatic hydroxyl groups is 1. The third kappa shape index (κ3) is 5.80. The first kappa shape index (κ1) is 16.9. The molecule has 0 bridgehead atoms. The van der Waals surface area contributed by atoms with Crippen LogP contribution in [0.4, 0.5) is 0 Å². The number of hydrogen-bond donors (Lipinski definition) is 2. The molecule has 0 aliphatic heterocycles. The Kier molecular flexibility index (Phi) is 7.96. The van der Waals surface area contributed by atoms with Gasteiger partial charge in [-0.2, -0.15) is 0 Å². The van der Waals surface area contributed by atoms with Gasteiger partial charge in [-0.3, -0.25) is 0 Å². The van der Waals surface area contributed by atoms with E-state index in [2.05, 4.69) is 25.7 Å². The lowest BCUT2D eigenvalue weighted by atomic mass is 9.76. The van der Waals surface area contributed by atoms with Crippen molar-refractivity contribution < 1.29 is 5.11 Å². The highest BCUT2D eigenvalue weighted by Crippen LogP contribution is 2.32. The highest BCUT2D eigenvalue weighted by atomic mass is 16.3. The van der Waals surface area contributed by atoms with Crippen molar-refractivity contribution in [3.8, 4) is 0 Å². The van der Waals surface area contributed by atoms with Crippen molar-refractivity contribution in [3.63, 3.8) is 0 Å². The zero-order valence-corrected chi connectivity index (χ0v) is 13.1. The molecule has 0 saturated heterocycles. The van der Waals surface area contributed by atoms with Crippen LogP contribution < -0.4 is 5.73 Å². The standard InChI is InChI=1S/C16H34N2O/c1-4-6-14-7-8-16(17)15(11-14)12-18(13(2)3)9-5-10-19/h13-16,19H,4-12,17H2,1-3H3. The number of hydrogen-bond acceptors (Lipinski definition) is 3. The van der Waals surface area contributed by atoms with Crippen LogP contribution >= 0.6 is 0 Å². The molecule has 0 aromatic carbocycles. The largest absolute Gasteiger partial charge is 0.396 e. The molecule has 0 radical (unpaired) electrons. The number of nitrogens with two attached hydrogens (primary N) is 1. The lowest BCUT2D eigenvalue weighted by Gasteiger charge is -2.38. The molecule has 3 heteroatoms. The van der Waals surface area contributed by atoms with Gasteiger partial charge < -0.3 is 15.7 Å². The maximum absolute atomic E-state index is 9.02. The second kappa shape index (κ2) is 8.93. The SMILES string of the molecule is CCCC1CCC(N)C(CN(CCCO)C(C)C)C1. The molecule has 0 amide bonds. The maximum Gasteiger partial charge on any atom is 0.0443 e. The molecular formula is C16H34N2O. The van der Waals surface area contributed by atoms with E-state index < -0.39 is 0 Å². The van der Waals surface area contributed by atoms with E-state index in [4.69, 9.17) is 10.8 Å². The molecule has 0 aromatic rings. The van der Waals surface area contributed by atoms with Crippen molar-refractivity contribution in [2.75, 3.05) is 19.7 Å². The third-order valence-electron chi connectivity index (χ3n) is 4.65. The van der Waals surface area contributed by atoms with Gasteiger partial charge in [0, 0.05) is 31.8 Å². The lowest BCUT2D eigenvalue weighted by molar-refractivity contribution is 0.122. The molecule has 3 nitrogen and oxygen atoms in total. The van der Waals surface area contributed by atoms with E-state index in [1.54, 1.807) is 0 Å². The Hall–Kier alpha value is -0.120. The number of rotatable bonds is 8. The molecule has 1 saturated carbocycles. The molecule has 1 aliphatic rings. The Morgan fingerprint density at radius 2 is 2.05 bits per heavy atom. The zero-order chi connectivity index (χ0) is 14.3. The molecule has 0 spiro atoms. The van der Waals surface area contributed by atoms with Gasteiger partial charge in [0.15, 0.2) is 0 Å². The predicted molar refractivity (Wildman–Crippen MR) is 82.1 cm³/mol. The fraction of sp³-hybridized carbons (Fsp3) is 1.00. The summed E-state index contributed by atoms with van der Waals surface area (Å²) in [5.74, 6) is 1.54. The van der Waals surface area contributed by atoms with E-state index >= 15 is 0 Å². The first-order valence-corrected chi connectivity index (χ1v) is 8.18. The number of aliphatic hydroxyl groups excluding tert-OH is 1.